The molecule has 0 saturated heterocycles. The summed E-state index contributed by atoms with van der Waals surface area (Å²) >= 11 is 0. The highest BCUT2D eigenvalue weighted by Gasteiger charge is 2.07. The Kier molecular flexibility index (Phi) is 4.37. The second-order valence-corrected chi connectivity index (χ2v) is 5.73. The van der Waals surface area contributed by atoms with Gasteiger partial charge in [0.1, 0.15) is 0 Å². The van der Waals surface area contributed by atoms with E-state index in [1.165, 1.54) is 0 Å². The molecule has 0 atom stereocenters. The highest BCUT2D eigenvalue weighted by atomic mass is 16.1. The van der Waals surface area contributed by atoms with Gasteiger partial charge in [0, 0.05) is 30.6 Å². The summed E-state index contributed by atoms with van der Waals surface area (Å²) in [7, 11) is 0. The minimum absolute atomic E-state index is 0.0145. The zero-order valence-corrected chi connectivity index (χ0v) is 13.4. The summed E-state index contributed by atoms with van der Waals surface area (Å²) in [6, 6.07) is 9.57. The highest BCUT2D eigenvalue weighted by molar-refractivity contribution is 5.95. The van der Waals surface area contributed by atoms with Gasteiger partial charge in [-0.3, -0.25) is 4.79 Å². The van der Waals surface area contributed by atoms with Gasteiger partial charge in [-0.2, -0.15) is 5.10 Å². The third kappa shape index (κ3) is 3.56. The first kappa shape index (κ1) is 15.2. The van der Waals surface area contributed by atoms with Gasteiger partial charge in [-0.05, 0) is 43.9 Å². The van der Waals surface area contributed by atoms with Crippen molar-refractivity contribution in [2.75, 3.05) is 6.54 Å². The Balaban J connectivity index is 1.52. The molecule has 0 radical (unpaired) electrons. The molecule has 2 aromatic heterocycles. The van der Waals surface area contributed by atoms with Crippen molar-refractivity contribution in [1.29, 1.82) is 0 Å². The Morgan fingerprint density at radius 2 is 2.09 bits per heavy atom. The second kappa shape index (κ2) is 6.60. The number of rotatable bonds is 5. The van der Waals surface area contributed by atoms with E-state index in [0.29, 0.717) is 6.54 Å². The van der Waals surface area contributed by atoms with Gasteiger partial charge in [-0.25, -0.2) is 9.50 Å². The van der Waals surface area contributed by atoms with E-state index in [1.807, 2.05) is 56.6 Å². The molecule has 118 valence electrons. The number of aryl methyl sites for hydroxylation is 3. The number of amides is 1. The van der Waals surface area contributed by atoms with Crippen LogP contribution in [0.2, 0.25) is 0 Å². The SMILES string of the molecule is Cc1cc2ncc(CCCNC(=O)c3ccccc3C)cn2n1. The quantitative estimate of drug-likeness (QED) is 0.737. The lowest BCUT2D eigenvalue weighted by Gasteiger charge is -2.07. The van der Waals surface area contributed by atoms with E-state index in [-0.39, 0.29) is 5.91 Å². The molecule has 0 spiro atoms. The predicted octanol–water partition coefficient (Wildman–Crippen LogP) is 2.71. The van der Waals surface area contributed by atoms with Crippen LogP contribution in [0.15, 0.2) is 42.7 Å². The van der Waals surface area contributed by atoms with Gasteiger partial charge in [0.15, 0.2) is 5.65 Å². The molecule has 0 saturated carbocycles. The monoisotopic (exact) mass is 308 g/mol. The minimum atomic E-state index is -0.0145. The van der Waals surface area contributed by atoms with Crippen molar-refractivity contribution in [1.82, 2.24) is 19.9 Å². The second-order valence-electron chi connectivity index (χ2n) is 5.73. The highest BCUT2D eigenvalue weighted by Crippen LogP contribution is 2.08. The van der Waals surface area contributed by atoms with Crippen LogP contribution in [0.5, 0.6) is 0 Å². The molecule has 1 aromatic carbocycles. The Labute approximate surface area is 135 Å². The van der Waals surface area contributed by atoms with Crippen LogP contribution >= 0.6 is 0 Å². The van der Waals surface area contributed by atoms with Crippen molar-refractivity contribution in [3.05, 3.63) is 65.1 Å². The van der Waals surface area contributed by atoms with E-state index >= 15 is 0 Å². The number of nitrogens with one attached hydrogen (secondary N) is 1. The third-order valence-electron chi connectivity index (χ3n) is 3.81. The van der Waals surface area contributed by atoms with Crippen LogP contribution < -0.4 is 5.32 Å². The molecule has 2 heterocycles. The van der Waals surface area contributed by atoms with Crippen LogP contribution in [0, 0.1) is 13.8 Å². The number of carbonyl (C=O) groups is 1. The lowest BCUT2D eigenvalue weighted by Crippen LogP contribution is -2.25. The molecule has 0 bridgehead atoms. The molecular weight excluding hydrogens is 288 g/mol. The maximum Gasteiger partial charge on any atom is 0.251 e. The van der Waals surface area contributed by atoms with Crippen LogP contribution in [-0.2, 0) is 6.42 Å². The van der Waals surface area contributed by atoms with Crippen LogP contribution in [0.25, 0.3) is 5.65 Å². The number of aromatic nitrogens is 3. The van der Waals surface area contributed by atoms with Crippen LogP contribution in [0.4, 0.5) is 0 Å². The summed E-state index contributed by atoms with van der Waals surface area (Å²) in [4.78, 5) is 16.5. The molecule has 0 aliphatic heterocycles. The van der Waals surface area contributed by atoms with Crippen molar-refractivity contribution in [2.45, 2.75) is 26.7 Å². The summed E-state index contributed by atoms with van der Waals surface area (Å²) < 4.78 is 1.80. The largest absolute Gasteiger partial charge is 0.352 e. The van der Waals surface area contributed by atoms with Gasteiger partial charge in [-0.15, -0.1) is 0 Å². The average Bonchev–Trinajstić information content (AvgIpc) is 2.91. The van der Waals surface area contributed by atoms with Crippen molar-refractivity contribution in [3.8, 4) is 0 Å². The van der Waals surface area contributed by atoms with Crippen LogP contribution in [-0.4, -0.2) is 27.0 Å². The van der Waals surface area contributed by atoms with Gasteiger partial charge in [0.25, 0.3) is 5.91 Å². The summed E-state index contributed by atoms with van der Waals surface area (Å²) in [6.45, 7) is 4.54. The van der Waals surface area contributed by atoms with Crippen molar-refractivity contribution >= 4 is 11.6 Å². The molecule has 1 N–H and O–H groups in total. The zero-order valence-electron chi connectivity index (χ0n) is 13.4. The Morgan fingerprint density at radius 1 is 1.26 bits per heavy atom. The number of carbonyl (C=O) groups excluding carboxylic acids is 1. The smallest absolute Gasteiger partial charge is 0.251 e. The molecular formula is C18H20N4O. The normalized spacial score (nSPS) is 10.9. The number of nitrogens with zero attached hydrogens (tertiary/aromatic N) is 3. The fourth-order valence-corrected chi connectivity index (χ4v) is 2.58. The number of hydrogen-bond acceptors (Lipinski definition) is 3. The fourth-order valence-electron chi connectivity index (χ4n) is 2.58. The molecule has 3 aromatic rings. The first-order chi connectivity index (χ1) is 11.1. The Bertz CT molecular complexity index is 838. The number of benzene rings is 1. The van der Waals surface area contributed by atoms with Gasteiger partial charge in [-0.1, -0.05) is 18.2 Å². The number of fused-ring (bicyclic) bond motifs is 1. The van der Waals surface area contributed by atoms with E-state index in [0.717, 1.165) is 40.9 Å². The minimum Gasteiger partial charge on any atom is -0.352 e. The topological polar surface area (TPSA) is 59.3 Å². The van der Waals surface area contributed by atoms with Crippen LogP contribution in [0.1, 0.15) is 33.6 Å². The standard InChI is InChI=1S/C18H20N4O/c1-13-6-3-4-8-16(13)18(23)19-9-5-7-15-11-20-17-10-14(2)21-22(17)12-15/h3-4,6,8,10-12H,5,7,9H2,1-2H3,(H,19,23). The van der Waals surface area contributed by atoms with Gasteiger partial charge in [0.2, 0.25) is 0 Å². The molecule has 3 rings (SSSR count). The maximum absolute atomic E-state index is 12.1. The van der Waals surface area contributed by atoms with E-state index in [2.05, 4.69) is 15.4 Å². The van der Waals surface area contributed by atoms with Crippen molar-refractivity contribution in [2.24, 2.45) is 0 Å². The van der Waals surface area contributed by atoms with E-state index in [9.17, 15) is 4.79 Å². The molecule has 0 aliphatic rings. The Morgan fingerprint density at radius 3 is 2.91 bits per heavy atom. The average molecular weight is 308 g/mol. The lowest BCUT2D eigenvalue weighted by molar-refractivity contribution is 0.0952. The van der Waals surface area contributed by atoms with Crippen molar-refractivity contribution < 1.29 is 4.79 Å². The molecule has 5 heteroatoms. The van der Waals surface area contributed by atoms with Crippen molar-refractivity contribution in [3.63, 3.8) is 0 Å². The van der Waals surface area contributed by atoms with E-state index in [4.69, 9.17) is 0 Å². The maximum atomic E-state index is 12.1. The van der Waals surface area contributed by atoms with Gasteiger partial charge in [0.05, 0.1) is 5.69 Å². The lowest BCUT2D eigenvalue weighted by atomic mass is 10.1. The third-order valence-corrected chi connectivity index (χ3v) is 3.81. The zero-order chi connectivity index (χ0) is 16.2. The summed E-state index contributed by atoms with van der Waals surface area (Å²) in [6.07, 6.45) is 5.60. The first-order valence-corrected chi connectivity index (χ1v) is 7.78. The molecule has 0 unspecified atom stereocenters. The van der Waals surface area contributed by atoms with Gasteiger partial charge >= 0.3 is 0 Å². The van der Waals surface area contributed by atoms with Crippen LogP contribution in [0.3, 0.4) is 0 Å². The van der Waals surface area contributed by atoms with E-state index < -0.39 is 0 Å². The molecule has 0 aliphatic carbocycles. The number of hydrogen-bond donors (Lipinski definition) is 1. The summed E-state index contributed by atoms with van der Waals surface area (Å²) in [5.41, 5.74) is 4.67. The fraction of sp³-hybridized carbons (Fsp3) is 0.278. The molecule has 0 fully saturated rings. The molecule has 1 amide bonds. The van der Waals surface area contributed by atoms with Gasteiger partial charge < -0.3 is 5.32 Å². The Hall–Kier alpha value is -2.69. The molecule has 23 heavy (non-hydrogen) atoms. The van der Waals surface area contributed by atoms with E-state index in [1.54, 1.807) is 4.52 Å². The predicted molar refractivity (Wildman–Crippen MR) is 89.6 cm³/mol. The first-order valence-electron chi connectivity index (χ1n) is 7.78. The summed E-state index contributed by atoms with van der Waals surface area (Å²) in [5.74, 6) is -0.0145. The summed E-state index contributed by atoms with van der Waals surface area (Å²) in [5, 5.41) is 7.33. The molecule has 5 nitrogen and oxygen atoms in total.